The Bertz CT molecular complexity index is 547. The molecule has 1 saturated carbocycles. The highest BCUT2D eigenvalue weighted by Crippen LogP contribution is 2.40. The first kappa shape index (κ1) is 11.0. The third kappa shape index (κ3) is 2.26. The van der Waals surface area contributed by atoms with E-state index in [2.05, 4.69) is 56.8 Å². The molecule has 0 unspecified atom stereocenters. The molecule has 0 saturated heterocycles. The number of hydrogen-bond donors (Lipinski definition) is 1. The van der Waals surface area contributed by atoms with E-state index in [-0.39, 0.29) is 0 Å². The van der Waals surface area contributed by atoms with E-state index in [9.17, 15) is 0 Å². The van der Waals surface area contributed by atoms with E-state index >= 15 is 0 Å². The Kier molecular flexibility index (Phi) is 2.74. The molecule has 86 valence electrons. The van der Waals surface area contributed by atoms with Gasteiger partial charge in [0.05, 0.1) is 3.57 Å². The summed E-state index contributed by atoms with van der Waals surface area (Å²) in [6.45, 7) is 0. The number of benzene rings is 1. The molecule has 0 aliphatic heterocycles. The van der Waals surface area contributed by atoms with Gasteiger partial charge in [-0.05, 0) is 46.9 Å². The standard InChI is InChI=1S/C13H12IN3/c14-11-7-16-13(17-12(11)15)10-5-3-9(4-6-10)8-1-2-8/h3-8H,1-2H2,(H2,15,16,17). The summed E-state index contributed by atoms with van der Waals surface area (Å²) in [4.78, 5) is 8.59. The van der Waals surface area contributed by atoms with Gasteiger partial charge in [-0.3, -0.25) is 0 Å². The Morgan fingerprint density at radius 3 is 2.47 bits per heavy atom. The summed E-state index contributed by atoms with van der Waals surface area (Å²) in [6.07, 6.45) is 4.41. The van der Waals surface area contributed by atoms with Crippen LogP contribution < -0.4 is 5.73 Å². The van der Waals surface area contributed by atoms with E-state index in [4.69, 9.17) is 5.73 Å². The number of nitrogen functional groups attached to an aromatic ring is 1. The Morgan fingerprint density at radius 1 is 1.18 bits per heavy atom. The quantitative estimate of drug-likeness (QED) is 0.857. The van der Waals surface area contributed by atoms with E-state index in [1.165, 1.54) is 18.4 Å². The second kappa shape index (κ2) is 4.25. The minimum atomic E-state index is 0.543. The van der Waals surface area contributed by atoms with Gasteiger partial charge in [-0.25, -0.2) is 9.97 Å². The predicted octanol–water partition coefficient (Wildman–Crippen LogP) is 3.21. The Balaban J connectivity index is 1.94. The molecule has 0 atom stereocenters. The average Bonchev–Trinajstić information content (AvgIpc) is 3.17. The van der Waals surface area contributed by atoms with E-state index in [0.717, 1.165) is 15.1 Å². The third-order valence-electron chi connectivity index (χ3n) is 2.99. The first-order valence-electron chi connectivity index (χ1n) is 5.62. The summed E-state index contributed by atoms with van der Waals surface area (Å²) >= 11 is 2.13. The molecule has 1 aliphatic rings. The van der Waals surface area contributed by atoms with Crippen molar-refractivity contribution >= 4 is 28.4 Å². The Morgan fingerprint density at radius 2 is 1.88 bits per heavy atom. The lowest BCUT2D eigenvalue weighted by atomic mass is 10.1. The Labute approximate surface area is 114 Å². The maximum Gasteiger partial charge on any atom is 0.161 e. The fraction of sp³-hybridized carbons (Fsp3) is 0.231. The third-order valence-corrected chi connectivity index (χ3v) is 3.82. The zero-order chi connectivity index (χ0) is 11.8. The number of rotatable bonds is 2. The number of halogens is 1. The molecule has 0 radical (unpaired) electrons. The van der Waals surface area contributed by atoms with Crippen LogP contribution in [0.3, 0.4) is 0 Å². The first-order valence-corrected chi connectivity index (χ1v) is 6.70. The first-order chi connectivity index (χ1) is 8.24. The molecule has 0 bridgehead atoms. The smallest absolute Gasteiger partial charge is 0.161 e. The summed E-state index contributed by atoms with van der Waals surface area (Å²) in [5.74, 6) is 2.03. The molecule has 1 fully saturated rings. The number of aromatic nitrogens is 2. The van der Waals surface area contributed by atoms with Crippen LogP contribution in [0.15, 0.2) is 30.5 Å². The molecule has 1 aliphatic carbocycles. The summed E-state index contributed by atoms with van der Waals surface area (Å²) in [5.41, 5.74) is 8.24. The molecule has 0 spiro atoms. The zero-order valence-corrected chi connectivity index (χ0v) is 11.4. The lowest BCUT2D eigenvalue weighted by Gasteiger charge is -2.04. The summed E-state index contributed by atoms with van der Waals surface area (Å²) in [7, 11) is 0. The van der Waals surface area contributed by atoms with Crippen molar-refractivity contribution in [3.63, 3.8) is 0 Å². The highest BCUT2D eigenvalue weighted by molar-refractivity contribution is 14.1. The van der Waals surface area contributed by atoms with Crippen molar-refractivity contribution in [1.29, 1.82) is 0 Å². The van der Waals surface area contributed by atoms with Crippen LogP contribution in [0.4, 0.5) is 5.82 Å². The maximum atomic E-state index is 5.79. The highest BCUT2D eigenvalue weighted by Gasteiger charge is 2.23. The van der Waals surface area contributed by atoms with E-state index in [0.29, 0.717) is 11.6 Å². The van der Waals surface area contributed by atoms with Crippen LogP contribution in [0.25, 0.3) is 11.4 Å². The average molecular weight is 337 g/mol. The van der Waals surface area contributed by atoms with Gasteiger partial charge in [0.25, 0.3) is 0 Å². The van der Waals surface area contributed by atoms with Crippen LogP contribution in [0, 0.1) is 3.57 Å². The Hall–Kier alpha value is -1.17. The molecule has 0 amide bonds. The normalized spacial score (nSPS) is 14.9. The fourth-order valence-corrected chi connectivity index (χ4v) is 2.10. The highest BCUT2D eigenvalue weighted by atomic mass is 127. The number of anilines is 1. The van der Waals surface area contributed by atoms with Crippen LogP contribution >= 0.6 is 22.6 Å². The molecule has 4 heteroatoms. The number of hydrogen-bond acceptors (Lipinski definition) is 3. The molecule has 1 aromatic carbocycles. The van der Waals surface area contributed by atoms with Gasteiger partial charge < -0.3 is 5.73 Å². The molecule has 2 N–H and O–H groups in total. The number of nitrogens with two attached hydrogens (primary N) is 1. The molecular weight excluding hydrogens is 325 g/mol. The van der Waals surface area contributed by atoms with Gasteiger partial charge in [-0.2, -0.15) is 0 Å². The summed E-state index contributed by atoms with van der Waals surface area (Å²) < 4.78 is 0.890. The van der Waals surface area contributed by atoms with Crippen LogP contribution in [-0.2, 0) is 0 Å². The van der Waals surface area contributed by atoms with Crippen molar-refractivity contribution in [2.75, 3.05) is 5.73 Å². The minimum Gasteiger partial charge on any atom is -0.383 e. The lowest BCUT2D eigenvalue weighted by molar-refractivity contribution is 1.12. The second-order valence-corrected chi connectivity index (χ2v) is 5.49. The summed E-state index contributed by atoms with van der Waals surface area (Å²) in [6, 6.07) is 8.50. The summed E-state index contributed by atoms with van der Waals surface area (Å²) in [5, 5.41) is 0. The van der Waals surface area contributed by atoms with E-state index < -0.39 is 0 Å². The van der Waals surface area contributed by atoms with Crippen LogP contribution in [0.1, 0.15) is 24.3 Å². The lowest BCUT2D eigenvalue weighted by Crippen LogP contribution is -1.98. The molecule has 3 rings (SSSR count). The van der Waals surface area contributed by atoms with Gasteiger partial charge in [0.1, 0.15) is 5.82 Å². The molecular formula is C13H12IN3. The topological polar surface area (TPSA) is 51.8 Å². The van der Waals surface area contributed by atoms with Crippen LogP contribution in [0.5, 0.6) is 0 Å². The zero-order valence-electron chi connectivity index (χ0n) is 9.23. The van der Waals surface area contributed by atoms with E-state index in [1.807, 2.05) is 0 Å². The largest absolute Gasteiger partial charge is 0.383 e. The maximum absolute atomic E-state index is 5.79. The fourth-order valence-electron chi connectivity index (χ4n) is 1.84. The molecule has 2 aromatic rings. The van der Waals surface area contributed by atoms with Crippen molar-refractivity contribution < 1.29 is 0 Å². The van der Waals surface area contributed by atoms with Crippen LogP contribution in [0.2, 0.25) is 0 Å². The predicted molar refractivity (Wildman–Crippen MR) is 76.6 cm³/mol. The van der Waals surface area contributed by atoms with Gasteiger partial charge in [-0.15, -0.1) is 0 Å². The number of nitrogens with zero attached hydrogens (tertiary/aromatic N) is 2. The van der Waals surface area contributed by atoms with Crippen molar-refractivity contribution in [2.24, 2.45) is 0 Å². The minimum absolute atomic E-state index is 0.543. The van der Waals surface area contributed by atoms with Gasteiger partial charge in [0, 0.05) is 11.8 Å². The van der Waals surface area contributed by atoms with Gasteiger partial charge in [0.15, 0.2) is 5.82 Å². The molecule has 1 aromatic heterocycles. The van der Waals surface area contributed by atoms with Gasteiger partial charge in [0.2, 0.25) is 0 Å². The van der Waals surface area contributed by atoms with Crippen molar-refractivity contribution in [2.45, 2.75) is 18.8 Å². The molecule has 1 heterocycles. The SMILES string of the molecule is Nc1nc(-c2ccc(C3CC3)cc2)ncc1I. The van der Waals surface area contributed by atoms with Gasteiger partial charge in [-0.1, -0.05) is 24.3 Å². The van der Waals surface area contributed by atoms with Gasteiger partial charge >= 0.3 is 0 Å². The van der Waals surface area contributed by atoms with Crippen molar-refractivity contribution in [3.8, 4) is 11.4 Å². The van der Waals surface area contributed by atoms with Crippen molar-refractivity contribution in [3.05, 3.63) is 39.6 Å². The second-order valence-electron chi connectivity index (χ2n) is 4.32. The van der Waals surface area contributed by atoms with Crippen molar-refractivity contribution in [1.82, 2.24) is 9.97 Å². The monoisotopic (exact) mass is 337 g/mol. The molecule has 17 heavy (non-hydrogen) atoms. The van der Waals surface area contributed by atoms with E-state index in [1.54, 1.807) is 6.20 Å². The van der Waals surface area contributed by atoms with Crippen LogP contribution in [-0.4, -0.2) is 9.97 Å². The molecule has 3 nitrogen and oxygen atoms in total.